The first kappa shape index (κ1) is 10.0. The number of allylic oxidation sites excluding steroid dienone is 4. The molecule has 0 heterocycles. The van der Waals surface area contributed by atoms with E-state index in [2.05, 4.69) is 30.7 Å². The third-order valence-corrected chi connectivity index (χ3v) is 3.54. The summed E-state index contributed by atoms with van der Waals surface area (Å²) in [6.07, 6.45) is 21.3. The molecule has 0 fully saturated rings. The molecule has 2 atom stereocenters. The predicted molar refractivity (Wildman–Crippen MR) is 61.9 cm³/mol. The summed E-state index contributed by atoms with van der Waals surface area (Å²) in [5.41, 5.74) is 0. The summed E-state index contributed by atoms with van der Waals surface area (Å²) in [7, 11) is 0. The molecule has 0 heteroatoms. The lowest BCUT2D eigenvalue weighted by atomic mass is 9.78. The molecule has 2 rings (SSSR count). The molecule has 77 valence electrons. The first-order valence-electron chi connectivity index (χ1n) is 6.10. The van der Waals surface area contributed by atoms with Crippen LogP contribution in [-0.2, 0) is 0 Å². The van der Waals surface area contributed by atoms with Gasteiger partial charge in [0.15, 0.2) is 0 Å². The van der Waals surface area contributed by atoms with Crippen LogP contribution < -0.4 is 0 Å². The van der Waals surface area contributed by atoms with Gasteiger partial charge in [0.1, 0.15) is 0 Å². The molecule has 0 N–H and O–H groups in total. The highest BCUT2D eigenvalue weighted by Crippen LogP contribution is 2.32. The maximum absolute atomic E-state index is 2.48. The minimum atomic E-state index is 0.881. The van der Waals surface area contributed by atoms with Crippen molar-refractivity contribution in [1.29, 1.82) is 0 Å². The summed E-state index contributed by atoms with van der Waals surface area (Å²) in [5.74, 6) is 1.83. The molecule has 0 spiro atoms. The normalized spacial score (nSPS) is 36.0. The molecule has 0 aliphatic heterocycles. The Morgan fingerprint density at radius 1 is 0.929 bits per heavy atom. The van der Waals surface area contributed by atoms with Crippen molar-refractivity contribution in [2.45, 2.75) is 44.9 Å². The van der Waals surface area contributed by atoms with Gasteiger partial charge in [-0.2, -0.15) is 0 Å². The summed E-state index contributed by atoms with van der Waals surface area (Å²) in [4.78, 5) is 0. The number of rotatable bonds is 0. The van der Waals surface area contributed by atoms with Crippen LogP contribution in [0.5, 0.6) is 0 Å². The molecule has 0 aromatic rings. The van der Waals surface area contributed by atoms with E-state index in [1.54, 1.807) is 0 Å². The Morgan fingerprint density at radius 2 is 1.93 bits per heavy atom. The maximum atomic E-state index is 2.48. The highest BCUT2D eigenvalue weighted by atomic mass is 14.3. The van der Waals surface area contributed by atoms with Gasteiger partial charge >= 0.3 is 0 Å². The summed E-state index contributed by atoms with van der Waals surface area (Å²) < 4.78 is 0. The Labute approximate surface area is 88.1 Å². The van der Waals surface area contributed by atoms with Gasteiger partial charge in [0.25, 0.3) is 0 Å². The number of fused-ring (bicyclic) bond motifs is 1. The van der Waals surface area contributed by atoms with Crippen molar-refractivity contribution in [3.63, 3.8) is 0 Å². The first-order chi connectivity index (χ1) is 6.97. The van der Waals surface area contributed by atoms with Crippen molar-refractivity contribution < 1.29 is 0 Å². The fourth-order valence-electron chi connectivity index (χ4n) is 2.67. The summed E-state index contributed by atoms with van der Waals surface area (Å²) in [6.45, 7) is 0. The van der Waals surface area contributed by atoms with Gasteiger partial charge in [-0.25, -0.2) is 0 Å². The molecule has 2 unspecified atom stereocenters. The smallest absolute Gasteiger partial charge is 0.0205 e. The molecule has 0 amide bonds. The molecular formula is C14H21. The van der Waals surface area contributed by atoms with E-state index in [0.717, 1.165) is 11.8 Å². The van der Waals surface area contributed by atoms with Crippen LogP contribution in [0.1, 0.15) is 44.9 Å². The third-order valence-electron chi connectivity index (χ3n) is 3.54. The molecule has 1 radical (unpaired) electrons. The predicted octanol–water partition coefficient (Wildman–Crippen LogP) is 4.29. The third kappa shape index (κ3) is 2.73. The Bertz CT molecular complexity index is 212. The van der Waals surface area contributed by atoms with Gasteiger partial charge in [0, 0.05) is 0 Å². The van der Waals surface area contributed by atoms with Crippen LogP contribution in [0.2, 0.25) is 0 Å². The fourth-order valence-corrected chi connectivity index (χ4v) is 2.67. The molecule has 14 heavy (non-hydrogen) atoms. The van der Waals surface area contributed by atoms with Crippen molar-refractivity contribution in [2.75, 3.05) is 0 Å². The Kier molecular flexibility index (Phi) is 3.85. The van der Waals surface area contributed by atoms with Crippen LogP contribution in [0.15, 0.2) is 24.3 Å². The SMILES string of the molecule is [CH]1C/C=C\CCCC2C=CCCC2C1. The van der Waals surface area contributed by atoms with Crippen LogP contribution in [0.3, 0.4) is 0 Å². The molecular weight excluding hydrogens is 168 g/mol. The topological polar surface area (TPSA) is 0 Å². The zero-order valence-electron chi connectivity index (χ0n) is 8.99. The Morgan fingerprint density at radius 3 is 2.93 bits per heavy atom. The van der Waals surface area contributed by atoms with E-state index in [-0.39, 0.29) is 0 Å². The average Bonchev–Trinajstić information content (AvgIpc) is 2.25. The van der Waals surface area contributed by atoms with Gasteiger partial charge < -0.3 is 0 Å². The standard InChI is InChI=1S/C14H21/c1-2-4-6-10-14-12-8-7-11-13(14)9-5-3-1/h1-2,5,8,12-14H,3-4,6-7,9-11H2/b2-1-. The first-order valence-corrected chi connectivity index (χ1v) is 6.10. The maximum Gasteiger partial charge on any atom is -0.0205 e. The average molecular weight is 189 g/mol. The van der Waals surface area contributed by atoms with Gasteiger partial charge in [0.05, 0.1) is 0 Å². The van der Waals surface area contributed by atoms with E-state index in [9.17, 15) is 0 Å². The van der Waals surface area contributed by atoms with Gasteiger partial charge in [-0.05, 0) is 63.2 Å². The molecule has 0 aromatic heterocycles. The summed E-state index contributed by atoms with van der Waals surface area (Å²) in [6, 6.07) is 0. The lowest BCUT2D eigenvalue weighted by molar-refractivity contribution is 0.326. The largest absolute Gasteiger partial charge is 0.0885 e. The molecule has 0 saturated carbocycles. The van der Waals surface area contributed by atoms with Crippen molar-refractivity contribution in [1.82, 2.24) is 0 Å². The molecule has 0 aromatic carbocycles. The molecule has 2 aliphatic rings. The monoisotopic (exact) mass is 189 g/mol. The summed E-state index contributed by atoms with van der Waals surface area (Å²) in [5, 5.41) is 0. The van der Waals surface area contributed by atoms with Crippen molar-refractivity contribution in [3.05, 3.63) is 30.7 Å². The van der Waals surface area contributed by atoms with Crippen molar-refractivity contribution in [2.24, 2.45) is 11.8 Å². The van der Waals surface area contributed by atoms with Crippen LogP contribution in [0.4, 0.5) is 0 Å². The zero-order valence-corrected chi connectivity index (χ0v) is 8.99. The van der Waals surface area contributed by atoms with E-state index in [4.69, 9.17) is 0 Å². The lowest BCUT2D eigenvalue weighted by Gasteiger charge is -2.28. The molecule has 0 bridgehead atoms. The van der Waals surface area contributed by atoms with Crippen LogP contribution in [0, 0.1) is 18.3 Å². The van der Waals surface area contributed by atoms with Crippen LogP contribution >= 0.6 is 0 Å². The second-order valence-corrected chi connectivity index (χ2v) is 4.59. The van der Waals surface area contributed by atoms with Gasteiger partial charge in [-0.15, -0.1) is 0 Å². The summed E-state index contributed by atoms with van der Waals surface area (Å²) >= 11 is 0. The van der Waals surface area contributed by atoms with Crippen molar-refractivity contribution in [3.8, 4) is 0 Å². The van der Waals surface area contributed by atoms with E-state index in [1.165, 1.54) is 44.9 Å². The quantitative estimate of drug-likeness (QED) is 0.499. The van der Waals surface area contributed by atoms with E-state index >= 15 is 0 Å². The Balaban J connectivity index is 1.95. The van der Waals surface area contributed by atoms with Crippen molar-refractivity contribution >= 4 is 0 Å². The van der Waals surface area contributed by atoms with Crippen LogP contribution in [0.25, 0.3) is 0 Å². The van der Waals surface area contributed by atoms with Gasteiger partial charge in [-0.1, -0.05) is 24.3 Å². The number of hydrogen-bond acceptors (Lipinski definition) is 0. The minimum Gasteiger partial charge on any atom is -0.0885 e. The lowest BCUT2D eigenvalue weighted by Crippen LogP contribution is -2.16. The highest BCUT2D eigenvalue weighted by molar-refractivity contribution is 5.00. The molecule has 0 nitrogen and oxygen atoms in total. The van der Waals surface area contributed by atoms with Gasteiger partial charge in [-0.3, -0.25) is 0 Å². The van der Waals surface area contributed by atoms with Crippen LogP contribution in [-0.4, -0.2) is 0 Å². The number of hydrogen-bond donors (Lipinski definition) is 0. The Hall–Kier alpha value is -0.520. The van der Waals surface area contributed by atoms with E-state index in [0.29, 0.717) is 0 Å². The second-order valence-electron chi connectivity index (χ2n) is 4.59. The molecule has 2 aliphatic carbocycles. The highest BCUT2D eigenvalue weighted by Gasteiger charge is 2.20. The molecule has 0 saturated heterocycles. The zero-order chi connectivity index (χ0) is 9.64. The minimum absolute atomic E-state index is 0.881. The second kappa shape index (κ2) is 5.38. The van der Waals surface area contributed by atoms with E-state index in [1.807, 2.05) is 0 Å². The van der Waals surface area contributed by atoms with Gasteiger partial charge in [0.2, 0.25) is 0 Å². The fraction of sp³-hybridized carbons (Fsp3) is 0.643. The van der Waals surface area contributed by atoms with E-state index < -0.39 is 0 Å².